The molecule has 0 spiro atoms. The molecule has 3 atom stereocenters. The molecule has 6 heteroatoms. The van der Waals surface area contributed by atoms with Gasteiger partial charge in [-0.15, -0.1) is 0 Å². The minimum atomic E-state index is -0.906. The summed E-state index contributed by atoms with van der Waals surface area (Å²) in [6.45, 7) is 2.23. The van der Waals surface area contributed by atoms with Crippen molar-refractivity contribution in [3.05, 3.63) is 65.5 Å². The molecule has 0 unspecified atom stereocenters. The van der Waals surface area contributed by atoms with Gasteiger partial charge in [0, 0.05) is 18.9 Å². The Morgan fingerprint density at radius 3 is 2.67 bits per heavy atom. The third-order valence-electron chi connectivity index (χ3n) is 5.60. The van der Waals surface area contributed by atoms with Gasteiger partial charge >= 0.3 is 0 Å². The molecule has 1 fully saturated rings. The van der Waals surface area contributed by atoms with Crippen molar-refractivity contribution in [3.8, 4) is 5.75 Å². The van der Waals surface area contributed by atoms with E-state index in [-0.39, 0.29) is 17.6 Å². The van der Waals surface area contributed by atoms with Gasteiger partial charge in [0.1, 0.15) is 17.5 Å². The standard InChI is InChI=1S/C21H21FN2O3/c1-21-12-16(15-4-2-3-5-17(15)27-21)18(19(23)25)20(26)24(21)11-10-13-6-8-14(22)9-7-13/h2-9,16,18H,10-12H2,1H3,(H2,23,25)/t16-,18+,21-/m0/s1. The van der Waals surface area contributed by atoms with Crippen molar-refractivity contribution in [2.45, 2.75) is 31.4 Å². The molecule has 4 rings (SSSR count). The first-order valence-electron chi connectivity index (χ1n) is 9.02. The molecule has 27 heavy (non-hydrogen) atoms. The van der Waals surface area contributed by atoms with Crippen LogP contribution in [0.2, 0.25) is 0 Å². The fourth-order valence-corrected chi connectivity index (χ4v) is 4.27. The summed E-state index contributed by atoms with van der Waals surface area (Å²) in [7, 11) is 0. The van der Waals surface area contributed by atoms with Gasteiger partial charge in [-0.3, -0.25) is 9.59 Å². The van der Waals surface area contributed by atoms with Gasteiger partial charge < -0.3 is 15.4 Å². The molecule has 0 radical (unpaired) electrons. The molecule has 2 N–H and O–H groups in total. The van der Waals surface area contributed by atoms with E-state index in [4.69, 9.17) is 10.5 Å². The number of rotatable bonds is 4. The van der Waals surface area contributed by atoms with E-state index in [1.807, 2.05) is 31.2 Å². The van der Waals surface area contributed by atoms with Crippen LogP contribution in [0.3, 0.4) is 0 Å². The number of primary amides is 1. The van der Waals surface area contributed by atoms with Gasteiger partial charge in [0.15, 0.2) is 5.72 Å². The van der Waals surface area contributed by atoms with E-state index >= 15 is 0 Å². The van der Waals surface area contributed by atoms with Crippen molar-refractivity contribution in [1.82, 2.24) is 4.90 Å². The molecule has 140 valence electrons. The molecule has 2 amide bonds. The Morgan fingerprint density at radius 1 is 1.26 bits per heavy atom. The third kappa shape index (κ3) is 2.95. The van der Waals surface area contributed by atoms with Crippen molar-refractivity contribution in [3.63, 3.8) is 0 Å². The van der Waals surface area contributed by atoms with Crippen molar-refractivity contribution >= 4 is 11.8 Å². The second-order valence-corrected chi connectivity index (χ2v) is 7.37. The summed E-state index contributed by atoms with van der Waals surface area (Å²) in [6, 6.07) is 13.6. The summed E-state index contributed by atoms with van der Waals surface area (Å²) >= 11 is 0. The second kappa shape index (κ2) is 6.37. The van der Waals surface area contributed by atoms with Crippen molar-refractivity contribution in [1.29, 1.82) is 0 Å². The van der Waals surface area contributed by atoms with Crippen LogP contribution in [-0.2, 0) is 16.0 Å². The normalized spacial score (nSPS) is 26.3. The maximum absolute atomic E-state index is 13.2. The molecular formula is C21H21FN2O3. The molecule has 2 aromatic rings. The highest BCUT2D eigenvalue weighted by atomic mass is 19.1. The van der Waals surface area contributed by atoms with E-state index in [2.05, 4.69) is 0 Å². The van der Waals surface area contributed by atoms with Gasteiger partial charge in [-0.25, -0.2) is 4.39 Å². The van der Waals surface area contributed by atoms with Gasteiger partial charge in [-0.05, 0) is 42.7 Å². The predicted octanol–water partition coefficient (Wildman–Crippen LogP) is 2.59. The zero-order chi connectivity index (χ0) is 19.2. The average molecular weight is 368 g/mol. The molecular weight excluding hydrogens is 347 g/mol. The van der Waals surface area contributed by atoms with E-state index in [1.165, 1.54) is 12.1 Å². The number of para-hydroxylation sites is 1. The van der Waals surface area contributed by atoms with Gasteiger partial charge in [-0.1, -0.05) is 30.3 Å². The van der Waals surface area contributed by atoms with Gasteiger partial charge in [0.2, 0.25) is 11.8 Å². The quantitative estimate of drug-likeness (QED) is 0.843. The largest absolute Gasteiger partial charge is 0.468 e. The first kappa shape index (κ1) is 17.5. The first-order valence-corrected chi connectivity index (χ1v) is 9.02. The smallest absolute Gasteiger partial charge is 0.238 e. The number of likely N-dealkylation sites (tertiary alicyclic amines) is 1. The molecule has 2 aromatic carbocycles. The van der Waals surface area contributed by atoms with E-state index < -0.39 is 17.6 Å². The topological polar surface area (TPSA) is 72.6 Å². The van der Waals surface area contributed by atoms with Crippen LogP contribution in [0.5, 0.6) is 5.75 Å². The lowest BCUT2D eigenvalue weighted by molar-refractivity contribution is -0.175. The van der Waals surface area contributed by atoms with Gasteiger partial charge in [-0.2, -0.15) is 0 Å². The highest BCUT2D eigenvalue weighted by Crippen LogP contribution is 2.49. The van der Waals surface area contributed by atoms with E-state index in [1.54, 1.807) is 17.0 Å². The Balaban J connectivity index is 1.67. The molecule has 0 saturated carbocycles. The Hall–Kier alpha value is -2.89. The Bertz CT molecular complexity index is 899. The number of piperidine rings is 1. The molecule has 5 nitrogen and oxygen atoms in total. The molecule has 2 aliphatic heterocycles. The van der Waals surface area contributed by atoms with Crippen molar-refractivity contribution in [2.75, 3.05) is 6.54 Å². The lowest BCUT2D eigenvalue weighted by Gasteiger charge is -2.52. The number of amides is 2. The second-order valence-electron chi connectivity index (χ2n) is 7.37. The molecule has 2 bridgehead atoms. The summed E-state index contributed by atoms with van der Waals surface area (Å²) < 4.78 is 19.3. The summed E-state index contributed by atoms with van der Waals surface area (Å²) in [6.07, 6.45) is 1.04. The Kier molecular flexibility index (Phi) is 4.13. The van der Waals surface area contributed by atoms with Crippen molar-refractivity contribution < 1.29 is 18.7 Å². The third-order valence-corrected chi connectivity index (χ3v) is 5.60. The molecule has 2 heterocycles. The molecule has 0 aliphatic carbocycles. The number of carbonyl (C=O) groups excluding carboxylic acids is 2. The van der Waals surface area contributed by atoms with Crippen LogP contribution in [0.15, 0.2) is 48.5 Å². The van der Waals surface area contributed by atoms with Crippen LogP contribution < -0.4 is 10.5 Å². The van der Waals surface area contributed by atoms with Crippen LogP contribution in [0.25, 0.3) is 0 Å². The number of nitrogens with zero attached hydrogens (tertiary/aromatic N) is 1. The minimum Gasteiger partial charge on any atom is -0.468 e. The zero-order valence-electron chi connectivity index (χ0n) is 15.0. The summed E-state index contributed by atoms with van der Waals surface area (Å²) in [5.41, 5.74) is 6.52. The summed E-state index contributed by atoms with van der Waals surface area (Å²) in [5.74, 6) is -1.73. The van der Waals surface area contributed by atoms with Crippen molar-refractivity contribution in [2.24, 2.45) is 11.7 Å². The monoisotopic (exact) mass is 368 g/mol. The van der Waals surface area contributed by atoms with E-state index in [0.717, 1.165) is 11.1 Å². The number of benzene rings is 2. The Morgan fingerprint density at radius 2 is 1.96 bits per heavy atom. The maximum atomic E-state index is 13.2. The van der Waals surface area contributed by atoms with Crippen LogP contribution in [0.1, 0.15) is 30.4 Å². The van der Waals surface area contributed by atoms with Crippen LogP contribution in [-0.4, -0.2) is 29.0 Å². The number of ether oxygens (including phenoxy) is 1. The number of halogens is 1. The van der Waals surface area contributed by atoms with Gasteiger partial charge in [0.25, 0.3) is 0 Å². The average Bonchev–Trinajstić information content (AvgIpc) is 2.62. The number of fused-ring (bicyclic) bond motifs is 4. The molecule has 0 aromatic heterocycles. The summed E-state index contributed by atoms with van der Waals surface area (Å²) in [4.78, 5) is 26.9. The van der Waals surface area contributed by atoms with Crippen LogP contribution in [0.4, 0.5) is 4.39 Å². The number of hydrogen-bond donors (Lipinski definition) is 1. The zero-order valence-corrected chi connectivity index (χ0v) is 15.0. The van der Waals surface area contributed by atoms with Crippen LogP contribution >= 0.6 is 0 Å². The predicted molar refractivity (Wildman–Crippen MR) is 97.3 cm³/mol. The van der Waals surface area contributed by atoms with Crippen LogP contribution in [0, 0.1) is 11.7 Å². The highest BCUT2D eigenvalue weighted by Gasteiger charge is 2.55. The highest BCUT2D eigenvalue weighted by molar-refractivity contribution is 6.01. The summed E-state index contributed by atoms with van der Waals surface area (Å²) in [5, 5.41) is 0. The first-order chi connectivity index (χ1) is 12.9. The SMILES string of the molecule is C[C@@]12C[C@@H](c3ccccc3O1)[C@H](C(N)=O)C(=O)N2CCc1ccc(F)cc1. The lowest BCUT2D eigenvalue weighted by atomic mass is 9.73. The molecule has 2 aliphatic rings. The van der Waals surface area contributed by atoms with E-state index in [9.17, 15) is 14.0 Å². The maximum Gasteiger partial charge on any atom is 0.238 e. The minimum absolute atomic E-state index is 0.285. The number of carbonyl (C=O) groups is 2. The fourth-order valence-electron chi connectivity index (χ4n) is 4.27. The number of hydrogen-bond acceptors (Lipinski definition) is 3. The lowest BCUT2D eigenvalue weighted by Crippen LogP contribution is -2.64. The van der Waals surface area contributed by atoms with Gasteiger partial charge in [0.05, 0.1) is 0 Å². The Labute approximate surface area is 156 Å². The fraction of sp³-hybridized carbons (Fsp3) is 0.333. The molecule has 1 saturated heterocycles. The van der Waals surface area contributed by atoms with E-state index in [0.29, 0.717) is 25.1 Å². The number of nitrogens with two attached hydrogens (primary N) is 1.